The van der Waals surface area contributed by atoms with Crippen molar-refractivity contribution in [1.82, 2.24) is 9.62 Å². The summed E-state index contributed by atoms with van der Waals surface area (Å²) in [4.78, 5) is 12.4. The van der Waals surface area contributed by atoms with Gasteiger partial charge in [0.05, 0.1) is 11.4 Å². The number of rotatable bonds is 9. The second-order valence-electron chi connectivity index (χ2n) is 8.43. The molecule has 0 bridgehead atoms. The first kappa shape index (κ1) is 24.7. The zero-order valence-electron chi connectivity index (χ0n) is 19.0. The summed E-state index contributed by atoms with van der Waals surface area (Å²) in [6.45, 7) is 8.66. The van der Waals surface area contributed by atoms with Crippen molar-refractivity contribution in [1.29, 1.82) is 0 Å². The highest BCUT2D eigenvalue weighted by atomic mass is 32.2. The standard InChI is InChI=1S/C23H32N2O5S/c1-17(30-20-9-7-18(8-10-20)23(2,3)4)22(26)24-15-16-29-19-11-13-21(14-12-19)31(27,28)25(5)6/h7-14,17H,15-16H2,1-6H3,(H,24,26)/t17-/m1/s1. The molecule has 0 aliphatic heterocycles. The van der Waals surface area contributed by atoms with Crippen LogP contribution in [0.4, 0.5) is 0 Å². The lowest BCUT2D eigenvalue weighted by atomic mass is 9.87. The van der Waals surface area contributed by atoms with Crippen LogP contribution < -0.4 is 14.8 Å². The molecule has 0 aromatic heterocycles. The van der Waals surface area contributed by atoms with Gasteiger partial charge in [0.1, 0.15) is 18.1 Å². The zero-order valence-corrected chi connectivity index (χ0v) is 19.8. The second kappa shape index (κ2) is 10.2. The molecule has 0 radical (unpaired) electrons. The molecule has 2 aromatic carbocycles. The van der Waals surface area contributed by atoms with Crippen LogP contribution in [0, 0.1) is 0 Å². The topological polar surface area (TPSA) is 84.9 Å². The zero-order chi connectivity index (χ0) is 23.2. The number of hydrogen-bond acceptors (Lipinski definition) is 5. The SMILES string of the molecule is C[C@@H](Oc1ccc(C(C)(C)C)cc1)C(=O)NCCOc1ccc(S(=O)(=O)N(C)C)cc1. The van der Waals surface area contributed by atoms with E-state index < -0.39 is 16.1 Å². The fraction of sp³-hybridized carbons (Fsp3) is 0.435. The molecule has 0 fully saturated rings. The summed E-state index contributed by atoms with van der Waals surface area (Å²) in [5.41, 5.74) is 1.25. The first-order chi connectivity index (χ1) is 14.4. The highest BCUT2D eigenvalue weighted by Crippen LogP contribution is 2.24. The quantitative estimate of drug-likeness (QED) is 0.596. The number of nitrogens with one attached hydrogen (secondary N) is 1. The van der Waals surface area contributed by atoms with E-state index in [-0.39, 0.29) is 22.8 Å². The Morgan fingerprint density at radius 2 is 1.55 bits per heavy atom. The number of hydrogen-bond donors (Lipinski definition) is 1. The van der Waals surface area contributed by atoms with Gasteiger partial charge in [-0.25, -0.2) is 12.7 Å². The van der Waals surface area contributed by atoms with Gasteiger partial charge in [-0.2, -0.15) is 0 Å². The molecule has 0 saturated carbocycles. The molecule has 0 heterocycles. The van der Waals surface area contributed by atoms with Crippen LogP contribution in [0.5, 0.6) is 11.5 Å². The predicted molar refractivity (Wildman–Crippen MR) is 121 cm³/mol. The van der Waals surface area contributed by atoms with Crippen LogP contribution in [0.15, 0.2) is 53.4 Å². The summed E-state index contributed by atoms with van der Waals surface area (Å²) in [6.07, 6.45) is -0.643. The Balaban J connectivity index is 1.77. The predicted octanol–water partition coefficient (Wildman–Crippen LogP) is 3.20. The van der Waals surface area contributed by atoms with E-state index in [1.165, 1.54) is 31.8 Å². The Morgan fingerprint density at radius 1 is 1.00 bits per heavy atom. The largest absolute Gasteiger partial charge is 0.492 e. The minimum absolute atomic E-state index is 0.0580. The number of benzene rings is 2. The number of nitrogens with zero attached hydrogens (tertiary/aromatic N) is 1. The van der Waals surface area contributed by atoms with Gasteiger partial charge >= 0.3 is 0 Å². The average molecular weight is 449 g/mol. The maximum absolute atomic E-state index is 12.2. The van der Waals surface area contributed by atoms with E-state index in [4.69, 9.17) is 9.47 Å². The van der Waals surface area contributed by atoms with E-state index >= 15 is 0 Å². The van der Waals surface area contributed by atoms with E-state index in [0.29, 0.717) is 18.0 Å². The van der Waals surface area contributed by atoms with Crippen molar-refractivity contribution < 1.29 is 22.7 Å². The van der Waals surface area contributed by atoms with Gasteiger partial charge in [0.25, 0.3) is 5.91 Å². The molecule has 2 rings (SSSR count). The Labute approximate surface area is 185 Å². The van der Waals surface area contributed by atoms with Crippen molar-refractivity contribution in [3.05, 3.63) is 54.1 Å². The molecule has 1 atom stereocenters. The van der Waals surface area contributed by atoms with Crippen LogP contribution in [-0.4, -0.2) is 52.0 Å². The van der Waals surface area contributed by atoms with Gasteiger partial charge in [0, 0.05) is 14.1 Å². The third-order valence-electron chi connectivity index (χ3n) is 4.67. The van der Waals surface area contributed by atoms with Gasteiger partial charge in [-0.15, -0.1) is 0 Å². The third-order valence-corrected chi connectivity index (χ3v) is 6.50. The second-order valence-corrected chi connectivity index (χ2v) is 10.6. The molecule has 2 aromatic rings. The lowest BCUT2D eigenvalue weighted by molar-refractivity contribution is -0.127. The van der Waals surface area contributed by atoms with Crippen molar-refractivity contribution in [2.75, 3.05) is 27.2 Å². The molecule has 0 unspecified atom stereocenters. The van der Waals surface area contributed by atoms with Crippen molar-refractivity contribution in [2.45, 2.75) is 44.1 Å². The molecular formula is C23H32N2O5S. The van der Waals surface area contributed by atoms with Crippen molar-refractivity contribution in [3.8, 4) is 11.5 Å². The van der Waals surface area contributed by atoms with Crippen molar-refractivity contribution in [3.63, 3.8) is 0 Å². The van der Waals surface area contributed by atoms with Crippen LogP contribution >= 0.6 is 0 Å². The van der Waals surface area contributed by atoms with Gasteiger partial charge in [-0.3, -0.25) is 4.79 Å². The molecule has 0 aliphatic carbocycles. The molecule has 0 aliphatic rings. The molecule has 1 amide bonds. The summed E-state index contributed by atoms with van der Waals surface area (Å²) in [5, 5.41) is 2.77. The maximum Gasteiger partial charge on any atom is 0.260 e. The molecule has 0 spiro atoms. The van der Waals surface area contributed by atoms with Crippen LogP contribution in [0.3, 0.4) is 0 Å². The molecule has 0 saturated heterocycles. The van der Waals surface area contributed by atoms with E-state index in [1.54, 1.807) is 19.1 Å². The molecule has 7 nitrogen and oxygen atoms in total. The molecule has 31 heavy (non-hydrogen) atoms. The third kappa shape index (κ3) is 6.97. The summed E-state index contributed by atoms with van der Waals surface area (Å²) in [5.74, 6) is 0.922. The first-order valence-electron chi connectivity index (χ1n) is 10.1. The van der Waals surface area contributed by atoms with Crippen LogP contribution in [0.1, 0.15) is 33.3 Å². The molecular weight excluding hydrogens is 416 g/mol. The molecule has 1 N–H and O–H groups in total. The van der Waals surface area contributed by atoms with Gasteiger partial charge < -0.3 is 14.8 Å². The van der Waals surface area contributed by atoms with Crippen molar-refractivity contribution in [2.24, 2.45) is 0 Å². The highest BCUT2D eigenvalue weighted by molar-refractivity contribution is 7.89. The number of ether oxygens (including phenoxy) is 2. The minimum Gasteiger partial charge on any atom is -0.492 e. The highest BCUT2D eigenvalue weighted by Gasteiger charge is 2.18. The number of carbonyl (C=O) groups is 1. The lowest BCUT2D eigenvalue weighted by Gasteiger charge is -2.20. The van der Waals surface area contributed by atoms with E-state index in [1.807, 2.05) is 24.3 Å². The van der Waals surface area contributed by atoms with Crippen LogP contribution in [0.2, 0.25) is 0 Å². The Hall–Kier alpha value is -2.58. The molecule has 8 heteroatoms. The summed E-state index contributed by atoms with van der Waals surface area (Å²) in [7, 11) is -0.508. The van der Waals surface area contributed by atoms with E-state index in [0.717, 1.165) is 4.31 Å². The monoisotopic (exact) mass is 448 g/mol. The Kier molecular flexibility index (Phi) is 8.08. The maximum atomic E-state index is 12.2. The van der Waals surface area contributed by atoms with Gasteiger partial charge in [0.2, 0.25) is 10.0 Å². The van der Waals surface area contributed by atoms with Gasteiger partial charge in [-0.1, -0.05) is 32.9 Å². The average Bonchev–Trinajstić information content (AvgIpc) is 2.71. The van der Waals surface area contributed by atoms with Crippen LogP contribution in [0.25, 0.3) is 0 Å². The first-order valence-corrected chi connectivity index (χ1v) is 11.6. The van der Waals surface area contributed by atoms with E-state index in [2.05, 4.69) is 26.1 Å². The number of sulfonamides is 1. The number of amides is 1. The summed E-state index contributed by atoms with van der Waals surface area (Å²) >= 11 is 0. The molecule has 170 valence electrons. The Bertz CT molecular complexity index is 963. The smallest absolute Gasteiger partial charge is 0.260 e. The van der Waals surface area contributed by atoms with Crippen LogP contribution in [-0.2, 0) is 20.2 Å². The normalized spacial score (nSPS) is 13.0. The summed E-state index contributed by atoms with van der Waals surface area (Å²) in [6, 6.07) is 13.9. The fourth-order valence-electron chi connectivity index (χ4n) is 2.70. The van der Waals surface area contributed by atoms with Crippen molar-refractivity contribution >= 4 is 15.9 Å². The number of carbonyl (C=O) groups excluding carboxylic acids is 1. The van der Waals surface area contributed by atoms with Gasteiger partial charge in [-0.05, 0) is 54.3 Å². The minimum atomic E-state index is -3.47. The van der Waals surface area contributed by atoms with E-state index in [9.17, 15) is 13.2 Å². The summed E-state index contributed by atoms with van der Waals surface area (Å²) < 4.78 is 36.5. The fourth-order valence-corrected chi connectivity index (χ4v) is 3.60. The Morgan fingerprint density at radius 3 is 2.06 bits per heavy atom. The van der Waals surface area contributed by atoms with Gasteiger partial charge in [0.15, 0.2) is 6.10 Å². The lowest BCUT2D eigenvalue weighted by Crippen LogP contribution is -2.38.